The van der Waals surface area contributed by atoms with Crippen LogP contribution in [0.3, 0.4) is 0 Å². The first-order valence-corrected chi connectivity index (χ1v) is 7.57. The van der Waals surface area contributed by atoms with Gasteiger partial charge < -0.3 is 15.8 Å². The molecule has 0 aliphatic carbocycles. The van der Waals surface area contributed by atoms with E-state index in [0.717, 1.165) is 25.0 Å². The normalized spacial score (nSPS) is 27.9. The predicted molar refractivity (Wildman–Crippen MR) is 81.1 cm³/mol. The average Bonchev–Trinajstić information content (AvgIpc) is 2.99. The van der Waals surface area contributed by atoms with Gasteiger partial charge in [-0.3, -0.25) is 4.79 Å². The topological polar surface area (TPSA) is 77.2 Å². The van der Waals surface area contributed by atoms with Crippen LogP contribution < -0.4 is 11.1 Å². The molecule has 2 bridgehead atoms. The van der Waals surface area contributed by atoms with E-state index in [0.29, 0.717) is 17.5 Å². The first-order valence-electron chi connectivity index (χ1n) is 7.57. The zero-order valence-electron chi connectivity index (χ0n) is 12.8. The maximum atomic E-state index is 12.5. The number of anilines is 1. The molecule has 5 nitrogen and oxygen atoms in total. The van der Waals surface area contributed by atoms with Crippen molar-refractivity contribution in [2.24, 2.45) is 0 Å². The van der Waals surface area contributed by atoms with Gasteiger partial charge in [0.05, 0.1) is 18.2 Å². The molecule has 2 aliphatic rings. The molecular formula is C16H23N3O2. The van der Waals surface area contributed by atoms with Crippen molar-refractivity contribution < 1.29 is 9.53 Å². The fourth-order valence-electron chi connectivity index (χ4n) is 3.11. The fraction of sp³-hybridized carbons (Fsp3) is 0.625. The van der Waals surface area contributed by atoms with E-state index in [-0.39, 0.29) is 23.5 Å². The molecular weight excluding hydrogens is 266 g/mol. The van der Waals surface area contributed by atoms with E-state index in [9.17, 15) is 4.79 Å². The lowest BCUT2D eigenvalue weighted by molar-refractivity contribution is 0.0840. The molecule has 3 atom stereocenters. The number of ether oxygens (including phenoxy) is 1. The third-order valence-corrected chi connectivity index (χ3v) is 4.30. The Balaban J connectivity index is 1.77. The number of nitrogens with zero attached hydrogens (tertiary/aromatic N) is 1. The zero-order valence-corrected chi connectivity index (χ0v) is 12.8. The van der Waals surface area contributed by atoms with Crippen LogP contribution in [-0.2, 0) is 10.2 Å². The summed E-state index contributed by atoms with van der Waals surface area (Å²) in [5.74, 6) is 0.299. The standard InChI is InChI=1S/C16H23N3O2/c1-16(2,3)13-6-9(7-14(17)19-13)15(20)18-11-8-10-4-5-12(11)21-10/h6-7,10-12H,4-5,8H2,1-3H3,(H2,17,19)(H,18,20). The van der Waals surface area contributed by atoms with Crippen LogP contribution in [0.4, 0.5) is 5.82 Å². The van der Waals surface area contributed by atoms with Gasteiger partial charge in [0.2, 0.25) is 0 Å². The number of amides is 1. The fourth-order valence-corrected chi connectivity index (χ4v) is 3.11. The minimum Gasteiger partial charge on any atom is -0.384 e. The molecule has 21 heavy (non-hydrogen) atoms. The Morgan fingerprint density at radius 3 is 2.71 bits per heavy atom. The second kappa shape index (κ2) is 4.98. The zero-order chi connectivity index (χ0) is 15.2. The number of nitrogen functional groups attached to an aromatic ring is 1. The van der Waals surface area contributed by atoms with Crippen molar-refractivity contribution in [3.63, 3.8) is 0 Å². The summed E-state index contributed by atoms with van der Waals surface area (Å²) in [6, 6.07) is 3.60. The van der Waals surface area contributed by atoms with Gasteiger partial charge in [-0.05, 0) is 31.4 Å². The van der Waals surface area contributed by atoms with E-state index in [2.05, 4.69) is 31.1 Å². The van der Waals surface area contributed by atoms with Crippen LogP contribution in [0.25, 0.3) is 0 Å². The maximum Gasteiger partial charge on any atom is 0.251 e. The van der Waals surface area contributed by atoms with E-state index >= 15 is 0 Å². The Labute approximate surface area is 125 Å². The van der Waals surface area contributed by atoms with Crippen molar-refractivity contribution >= 4 is 11.7 Å². The van der Waals surface area contributed by atoms with Crippen molar-refractivity contribution in [3.8, 4) is 0 Å². The minimum atomic E-state index is -0.139. The van der Waals surface area contributed by atoms with Crippen LogP contribution in [0, 0.1) is 0 Å². The maximum absolute atomic E-state index is 12.5. The molecule has 3 rings (SSSR count). The Hall–Kier alpha value is -1.62. The number of aromatic nitrogens is 1. The van der Waals surface area contributed by atoms with Gasteiger partial charge in [0.25, 0.3) is 5.91 Å². The lowest BCUT2D eigenvalue weighted by Gasteiger charge is -2.22. The number of carbonyl (C=O) groups excluding carboxylic acids is 1. The lowest BCUT2D eigenvalue weighted by atomic mass is 9.90. The summed E-state index contributed by atoms with van der Waals surface area (Å²) < 4.78 is 5.77. The van der Waals surface area contributed by atoms with Crippen LogP contribution in [0.1, 0.15) is 56.1 Å². The van der Waals surface area contributed by atoms with E-state index in [4.69, 9.17) is 10.5 Å². The summed E-state index contributed by atoms with van der Waals surface area (Å²) in [4.78, 5) is 16.8. The largest absolute Gasteiger partial charge is 0.384 e. The van der Waals surface area contributed by atoms with E-state index < -0.39 is 0 Å². The number of rotatable bonds is 2. The van der Waals surface area contributed by atoms with Crippen molar-refractivity contribution in [3.05, 3.63) is 23.4 Å². The quantitative estimate of drug-likeness (QED) is 0.873. The van der Waals surface area contributed by atoms with Crippen LogP contribution in [0.5, 0.6) is 0 Å². The van der Waals surface area contributed by atoms with Gasteiger partial charge in [-0.15, -0.1) is 0 Å². The van der Waals surface area contributed by atoms with Crippen LogP contribution >= 0.6 is 0 Å². The van der Waals surface area contributed by atoms with Crippen LogP contribution in [-0.4, -0.2) is 29.1 Å². The van der Waals surface area contributed by atoms with Crippen molar-refractivity contribution in [1.82, 2.24) is 10.3 Å². The first-order chi connectivity index (χ1) is 9.83. The van der Waals surface area contributed by atoms with Crippen molar-refractivity contribution in [2.45, 2.75) is 63.7 Å². The van der Waals surface area contributed by atoms with Gasteiger partial charge in [0, 0.05) is 16.7 Å². The van der Waals surface area contributed by atoms with Crippen LogP contribution in [0.2, 0.25) is 0 Å². The highest BCUT2D eigenvalue weighted by Crippen LogP contribution is 2.34. The molecule has 2 saturated heterocycles. The summed E-state index contributed by atoms with van der Waals surface area (Å²) in [6.45, 7) is 6.17. The van der Waals surface area contributed by atoms with Crippen molar-refractivity contribution in [2.75, 3.05) is 5.73 Å². The Bertz CT molecular complexity index is 565. The number of pyridine rings is 1. The third kappa shape index (κ3) is 2.88. The van der Waals surface area contributed by atoms with Gasteiger partial charge in [-0.2, -0.15) is 0 Å². The van der Waals surface area contributed by atoms with Gasteiger partial charge >= 0.3 is 0 Å². The Morgan fingerprint density at radius 1 is 1.38 bits per heavy atom. The highest BCUT2D eigenvalue weighted by Gasteiger charge is 2.41. The summed E-state index contributed by atoms with van der Waals surface area (Å²) in [5, 5.41) is 3.09. The van der Waals surface area contributed by atoms with E-state index in [1.54, 1.807) is 6.07 Å². The number of carbonyl (C=O) groups is 1. The molecule has 114 valence electrons. The molecule has 1 aromatic heterocycles. The monoisotopic (exact) mass is 289 g/mol. The van der Waals surface area contributed by atoms with Gasteiger partial charge in [0.1, 0.15) is 5.82 Å². The molecule has 3 N–H and O–H groups in total. The molecule has 3 heterocycles. The SMILES string of the molecule is CC(C)(C)c1cc(C(=O)NC2CC3CCC2O3)cc(N)n1. The molecule has 2 fully saturated rings. The van der Waals surface area contributed by atoms with E-state index in [1.165, 1.54) is 0 Å². The van der Waals surface area contributed by atoms with Gasteiger partial charge in [-0.1, -0.05) is 20.8 Å². The predicted octanol–water partition coefficient (Wildman–Crippen LogP) is 2.01. The second-order valence-electron chi connectivity index (χ2n) is 7.11. The second-order valence-corrected chi connectivity index (χ2v) is 7.11. The number of fused-ring (bicyclic) bond motifs is 2. The first kappa shape index (κ1) is 14.3. The highest BCUT2D eigenvalue weighted by molar-refractivity contribution is 5.95. The van der Waals surface area contributed by atoms with E-state index in [1.807, 2.05) is 6.07 Å². The number of hydrogen-bond acceptors (Lipinski definition) is 4. The molecule has 3 unspecified atom stereocenters. The smallest absolute Gasteiger partial charge is 0.251 e. The molecule has 0 spiro atoms. The summed E-state index contributed by atoms with van der Waals surface area (Å²) in [6.07, 6.45) is 3.59. The molecule has 0 saturated carbocycles. The molecule has 2 aliphatic heterocycles. The Kier molecular flexibility index (Phi) is 3.40. The molecule has 0 radical (unpaired) electrons. The summed E-state index contributed by atoms with van der Waals surface area (Å²) in [7, 11) is 0. The van der Waals surface area contributed by atoms with Crippen LogP contribution in [0.15, 0.2) is 12.1 Å². The number of nitrogens with one attached hydrogen (secondary N) is 1. The number of hydrogen-bond donors (Lipinski definition) is 2. The summed E-state index contributed by atoms with van der Waals surface area (Å²) >= 11 is 0. The minimum absolute atomic E-state index is 0.0873. The molecule has 5 heteroatoms. The third-order valence-electron chi connectivity index (χ3n) is 4.30. The van der Waals surface area contributed by atoms with Crippen molar-refractivity contribution in [1.29, 1.82) is 0 Å². The lowest BCUT2D eigenvalue weighted by Crippen LogP contribution is -2.41. The Morgan fingerprint density at radius 2 is 2.14 bits per heavy atom. The average molecular weight is 289 g/mol. The summed E-state index contributed by atoms with van der Waals surface area (Å²) in [5.41, 5.74) is 7.12. The molecule has 1 aromatic rings. The van der Waals surface area contributed by atoms with Gasteiger partial charge in [-0.25, -0.2) is 4.98 Å². The number of nitrogens with two attached hydrogens (primary N) is 1. The highest BCUT2D eigenvalue weighted by atomic mass is 16.5. The molecule has 0 aromatic carbocycles. The van der Waals surface area contributed by atoms with Gasteiger partial charge in [0.15, 0.2) is 0 Å². The molecule has 1 amide bonds.